The first-order valence-electron chi connectivity index (χ1n) is 7.28. The number of aryl methyl sites for hydroxylation is 2. The molecule has 0 radical (unpaired) electrons. The molecule has 0 saturated carbocycles. The van der Waals surface area contributed by atoms with E-state index in [1.54, 1.807) is 0 Å². The summed E-state index contributed by atoms with van der Waals surface area (Å²) in [6.07, 6.45) is 1.11. The van der Waals surface area contributed by atoms with Crippen molar-refractivity contribution in [2.24, 2.45) is 11.7 Å². The van der Waals surface area contributed by atoms with Gasteiger partial charge in [0, 0.05) is 12.0 Å². The maximum absolute atomic E-state index is 6.07. The predicted molar refractivity (Wildman–Crippen MR) is 82.9 cm³/mol. The third-order valence-corrected chi connectivity index (χ3v) is 3.78. The maximum atomic E-state index is 6.07. The second kappa shape index (κ2) is 6.42. The Labute approximate surface area is 118 Å². The number of hydrogen-bond acceptors (Lipinski definition) is 2. The van der Waals surface area contributed by atoms with E-state index in [-0.39, 0.29) is 5.41 Å². The van der Waals surface area contributed by atoms with Crippen LogP contribution in [-0.2, 0) is 5.41 Å². The quantitative estimate of drug-likeness (QED) is 0.843. The first kappa shape index (κ1) is 16.0. The van der Waals surface area contributed by atoms with Crippen molar-refractivity contribution < 1.29 is 4.74 Å². The summed E-state index contributed by atoms with van der Waals surface area (Å²) in [6.45, 7) is 14.5. The number of benzene rings is 1. The van der Waals surface area contributed by atoms with Crippen LogP contribution >= 0.6 is 0 Å². The Morgan fingerprint density at radius 3 is 2.32 bits per heavy atom. The molecular formula is C17H29NO. The molecule has 0 fully saturated rings. The Bertz CT molecular complexity index is 426. The zero-order chi connectivity index (χ0) is 14.6. The normalized spacial score (nSPS) is 14.5. The van der Waals surface area contributed by atoms with Gasteiger partial charge in [-0.25, -0.2) is 0 Å². The summed E-state index contributed by atoms with van der Waals surface area (Å²) in [5.41, 5.74) is 9.97. The van der Waals surface area contributed by atoms with E-state index in [9.17, 15) is 0 Å². The Kier molecular flexibility index (Phi) is 5.42. The Hall–Kier alpha value is -1.02. The van der Waals surface area contributed by atoms with Crippen molar-refractivity contribution in [3.05, 3.63) is 28.8 Å². The molecule has 0 heterocycles. The fraction of sp³-hybridized carbons (Fsp3) is 0.647. The van der Waals surface area contributed by atoms with Gasteiger partial charge >= 0.3 is 0 Å². The van der Waals surface area contributed by atoms with E-state index in [1.807, 2.05) is 6.92 Å². The van der Waals surface area contributed by atoms with Gasteiger partial charge in [0.05, 0.1) is 6.61 Å². The van der Waals surface area contributed by atoms with Crippen molar-refractivity contribution in [2.45, 2.75) is 53.4 Å². The minimum atomic E-state index is 0.0494. The van der Waals surface area contributed by atoms with Crippen LogP contribution in [0.15, 0.2) is 12.1 Å². The predicted octanol–water partition coefficient (Wildman–Crippen LogP) is 3.96. The molecule has 19 heavy (non-hydrogen) atoms. The van der Waals surface area contributed by atoms with Gasteiger partial charge in [0.15, 0.2) is 0 Å². The molecule has 0 aromatic heterocycles. The minimum Gasteiger partial charge on any atom is -0.494 e. The molecule has 0 aliphatic rings. The highest BCUT2D eigenvalue weighted by Crippen LogP contribution is 2.35. The summed E-state index contributed by atoms with van der Waals surface area (Å²) in [6, 6.07) is 4.41. The standard InChI is InChI=1S/C17H29NO/c1-7-19-16-9-13(4)15(8-14(16)5)17(6,11-18)10-12(2)3/h8-9,12H,7,10-11,18H2,1-6H3. The Morgan fingerprint density at radius 2 is 1.84 bits per heavy atom. The maximum Gasteiger partial charge on any atom is 0.122 e. The lowest BCUT2D eigenvalue weighted by atomic mass is 9.74. The van der Waals surface area contributed by atoms with Crippen molar-refractivity contribution in [3.63, 3.8) is 0 Å². The molecule has 0 aliphatic carbocycles. The second-order valence-electron chi connectivity index (χ2n) is 6.23. The highest BCUT2D eigenvalue weighted by atomic mass is 16.5. The summed E-state index contributed by atoms with van der Waals surface area (Å²) in [5, 5.41) is 0. The summed E-state index contributed by atoms with van der Waals surface area (Å²) >= 11 is 0. The van der Waals surface area contributed by atoms with Gasteiger partial charge in [-0.15, -0.1) is 0 Å². The van der Waals surface area contributed by atoms with Gasteiger partial charge in [-0.3, -0.25) is 0 Å². The average Bonchev–Trinajstić information content (AvgIpc) is 2.32. The fourth-order valence-corrected chi connectivity index (χ4v) is 2.96. The van der Waals surface area contributed by atoms with E-state index in [0.717, 1.165) is 12.2 Å². The highest BCUT2D eigenvalue weighted by Gasteiger charge is 2.28. The van der Waals surface area contributed by atoms with Crippen LogP contribution < -0.4 is 10.5 Å². The molecule has 2 heteroatoms. The number of rotatable bonds is 6. The van der Waals surface area contributed by atoms with Crippen LogP contribution in [0.2, 0.25) is 0 Å². The van der Waals surface area contributed by atoms with Gasteiger partial charge < -0.3 is 10.5 Å². The summed E-state index contributed by atoms with van der Waals surface area (Å²) in [7, 11) is 0. The molecule has 1 unspecified atom stereocenters. The molecule has 0 amide bonds. The van der Waals surface area contributed by atoms with Crippen LogP contribution in [0.5, 0.6) is 5.75 Å². The molecule has 0 bridgehead atoms. The first-order chi connectivity index (χ1) is 8.84. The second-order valence-corrected chi connectivity index (χ2v) is 6.23. The molecule has 1 atom stereocenters. The van der Waals surface area contributed by atoms with Crippen LogP contribution in [-0.4, -0.2) is 13.2 Å². The SMILES string of the molecule is CCOc1cc(C)c(C(C)(CN)CC(C)C)cc1C. The zero-order valence-corrected chi connectivity index (χ0v) is 13.3. The lowest BCUT2D eigenvalue weighted by Crippen LogP contribution is -2.34. The van der Waals surface area contributed by atoms with Gasteiger partial charge in [-0.2, -0.15) is 0 Å². The van der Waals surface area contributed by atoms with E-state index in [4.69, 9.17) is 10.5 Å². The lowest BCUT2D eigenvalue weighted by Gasteiger charge is -2.32. The highest BCUT2D eigenvalue weighted by molar-refractivity contribution is 5.45. The van der Waals surface area contributed by atoms with Crippen LogP contribution in [0.4, 0.5) is 0 Å². The molecule has 0 aliphatic heterocycles. The third-order valence-electron chi connectivity index (χ3n) is 3.78. The zero-order valence-electron chi connectivity index (χ0n) is 13.3. The molecule has 1 aromatic carbocycles. The molecule has 2 N–H and O–H groups in total. The molecule has 0 spiro atoms. The van der Waals surface area contributed by atoms with E-state index < -0.39 is 0 Å². The molecule has 0 saturated heterocycles. The van der Waals surface area contributed by atoms with Crippen molar-refractivity contribution in [1.29, 1.82) is 0 Å². The number of ether oxygens (including phenoxy) is 1. The van der Waals surface area contributed by atoms with Crippen molar-refractivity contribution in [1.82, 2.24) is 0 Å². The van der Waals surface area contributed by atoms with E-state index in [1.165, 1.54) is 16.7 Å². The van der Waals surface area contributed by atoms with Crippen LogP contribution in [0.25, 0.3) is 0 Å². The van der Waals surface area contributed by atoms with Crippen molar-refractivity contribution >= 4 is 0 Å². The topological polar surface area (TPSA) is 35.2 Å². The van der Waals surface area contributed by atoms with E-state index in [2.05, 4.69) is 46.8 Å². The fourth-order valence-electron chi connectivity index (χ4n) is 2.96. The summed E-state index contributed by atoms with van der Waals surface area (Å²) in [4.78, 5) is 0. The van der Waals surface area contributed by atoms with Crippen molar-refractivity contribution in [2.75, 3.05) is 13.2 Å². The van der Waals surface area contributed by atoms with Crippen LogP contribution in [0, 0.1) is 19.8 Å². The number of nitrogens with two attached hydrogens (primary N) is 1. The average molecular weight is 263 g/mol. The minimum absolute atomic E-state index is 0.0494. The van der Waals surface area contributed by atoms with Gasteiger partial charge in [-0.05, 0) is 55.9 Å². The molecule has 108 valence electrons. The Morgan fingerprint density at radius 1 is 1.21 bits per heavy atom. The molecule has 1 aromatic rings. The molecule has 2 nitrogen and oxygen atoms in total. The summed E-state index contributed by atoms with van der Waals surface area (Å²) < 4.78 is 5.67. The third kappa shape index (κ3) is 3.73. The van der Waals surface area contributed by atoms with Crippen molar-refractivity contribution in [3.8, 4) is 5.75 Å². The van der Waals surface area contributed by atoms with Gasteiger partial charge in [0.1, 0.15) is 5.75 Å². The van der Waals surface area contributed by atoms with E-state index in [0.29, 0.717) is 19.1 Å². The van der Waals surface area contributed by atoms with Crippen LogP contribution in [0.1, 0.15) is 50.8 Å². The van der Waals surface area contributed by atoms with Gasteiger partial charge in [-0.1, -0.05) is 26.8 Å². The molecular weight excluding hydrogens is 234 g/mol. The monoisotopic (exact) mass is 263 g/mol. The smallest absolute Gasteiger partial charge is 0.122 e. The molecule has 1 rings (SSSR count). The van der Waals surface area contributed by atoms with Crippen LogP contribution in [0.3, 0.4) is 0 Å². The van der Waals surface area contributed by atoms with Gasteiger partial charge in [0.25, 0.3) is 0 Å². The summed E-state index contributed by atoms with van der Waals surface area (Å²) in [5.74, 6) is 1.63. The van der Waals surface area contributed by atoms with Gasteiger partial charge in [0.2, 0.25) is 0 Å². The van der Waals surface area contributed by atoms with E-state index >= 15 is 0 Å². The number of hydrogen-bond donors (Lipinski definition) is 1. The first-order valence-corrected chi connectivity index (χ1v) is 7.28. The Balaban J connectivity index is 3.22. The largest absolute Gasteiger partial charge is 0.494 e. The lowest BCUT2D eigenvalue weighted by molar-refractivity contribution is 0.336.